The molecule has 4 rings (SSSR count). The van der Waals surface area contributed by atoms with Gasteiger partial charge in [0.25, 0.3) is 11.9 Å². The molecule has 0 atom stereocenters. The van der Waals surface area contributed by atoms with Gasteiger partial charge in [-0.05, 0) is 73.3 Å². The third kappa shape index (κ3) is 8.89. The van der Waals surface area contributed by atoms with E-state index in [1.165, 1.54) is 18.2 Å². The lowest BCUT2D eigenvalue weighted by molar-refractivity contribution is -0.134. The van der Waals surface area contributed by atoms with Crippen LogP contribution in [0.1, 0.15) is 54.9 Å². The summed E-state index contributed by atoms with van der Waals surface area (Å²) >= 11 is 0. The number of phenolic OH excluding ortho intramolecular Hbond substituents is 2. The van der Waals surface area contributed by atoms with Crippen LogP contribution in [-0.2, 0) is 24.2 Å². The predicted octanol–water partition coefficient (Wildman–Crippen LogP) is 6.03. The number of amides is 1. The highest BCUT2D eigenvalue weighted by molar-refractivity contribution is 6.02. The van der Waals surface area contributed by atoms with Gasteiger partial charge >= 0.3 is 0 Å². The number of aliphatic carboxylic acids is 1. The van der Waals surface area contributed by atoms with Crippen LogP contribution in [0.25, 0.3) is 22.5 Å². The van der Waals surface area contributed by atoms with Gasteiger partial charge in [0.05, 0.1) is 11.1 Å². The van der Waals surface area contributed by atoms with E-state index in [9.17, 15) is 19.4 Å². The number of aromatic hydroxyl groups is 2. The molecule has 10 heteroatoms. The quantitative estimate of drug-likeness (QED) is 0.166. The van der Waals surface area contributed by atoms with Gasteiger partial charge in [0.15, 0.2) is 11.5 Å². The number of hydrogen-bond acceptors (Lipinski definition) is 7. The van der Waals surface area contributed by atoms with Gasteiger partial charge in [0.1, 0.15) is 17.3 Å². The number of aryl methyl sites for hydroxylation is 2. The monoisotopic (exact) mass is 591 g/mol. The Morgan fingerprint density at radius 1 is 0.930 bits per heavy atom. The molecule has 1 heterocycles. The van der Waals surface area contributed by atoms with E-state index in [1.54, 1.807) is 12.1 Å². The average molecular weight is 592 g/mol. The van der Waals surface area contributed by atoms with Crippen LogP contribution in [-0.4, -0.2) is 56.9 Å². The largest absolute Gasteiger partial charge is 0.508 e. The highest BCUT2D eigenvalue weighted by Crippen LogP contribution is 2.42. The van der Waals surface area contributed by atoms with E-state index in [0.717, 1.165) is 37.7 Å². The molecule has 3 aromatic carbocycles. The van der Waals surface area contributed by atoms with Crippen LogP contribution in [0.4, 0.5) is 4.39 Å². The maximum Gasteiger partial charge on any atom is 0.300 e. The number of hydrogen-bond donors (Lipinski definition) is 4. The summed E-state index contributed by atoms with van der Waals surface area (Å²) in [5.41, 5.74) is 4.03. The van der Waals surface area contributed by atoms with Crippen molar-refractivity contribution in [3.63, 3.8) is 0 Å². The zero-order chi connectivity index (χ0) is 31.5. The smallest absolute Gasteiger partial charge is 0.300 e. The van der Waals surface area contributed by atoms with Gasteiger partial charge in [0, 0.05) is 26.1 Å². The Morgan fingerprint density at radius 3 is 2.21 bits per heavy atom. The second kappa shape index (κ2) is 15.5. The summed E-state index contributed by atoms with van der Waals surface area (Å²) in [4.78, 5) is 24.2. The number of carboxylic acids is 1. The van der Waals surface area contributed by atoms with Crippen LogP contribution >= 0.6 is 0 Å². The lowest BCUT2D eigenvalue weighted by atomic mass is 9.95. The molecule has 43 heavy (non-hydrogen) atoms. The number of phenols is 2. The summed E-state index contributed by atoms with van der Waals surface area (Å²) in [7, 11) is 0. The van der Waals surface area contributed by atoms with Crippen molar-refractivity contribution in [1.82, 2.24) is 15.4 Å². The fourth-order valence-electron chi connectivity index (χ4n) is 4.60. The summed E-state index contributed by atoms with van der Waals surface area (Å²) in [5, 5.41) is 35.6. The molecule has 1 aromatic heterocycles. The van der Waals surface area contributed by atoms with Crippen molar-refractivity contribution in [2.75, 3.05) is 19.6 Å². The molecule has 4 aromatic rings. The van der Waals surface area contributed by atoms with E-state index in [-0.39, 0.29) is 34.7 Å². The van der Waals surface area contributed by atoms with E-state index >= 15 is 0 Å². The van der Waals surface area contributed by atoms with Gasteiger partial charge in [-0.15, -0.1) is 0 Å². The van der Waals surface area contributed by atoms with Crippen molar-refractivity contribution < 1.29 is 33.8 Å². The maximum atomic E-state index is 13.6. The van der Waals surface area contributed by atoms with Crippen LogP contribution in [0, 0.1) is 5.82 Å². The zero-order valence-electron chi connectivity index (χ0n) is 24.9. The topological polar surface area (TPSA) is 136 Å². The molecule has 0 saturated carbocycles. The highest BCUT2D eigenvalue weighted by Gasteiger charge is 2.26. The number of halogens is 1. The maximum absolute atomic E-state index is 13.6. The molecule has 0 fully saturated rings. The number of carboxylic acid groups (broad SMARTS) is 1. The van der Waals surface area contributed by atoms with Gasteiger partial charge in [-0.3, -0.25) is 14.5 Å². The fourth-order valence-corrected chi connectivity index (χ4v) is 4.60. The molecule has 0 bridgehead atoms. The average Bonchev–Trinajstić information content (AvgIpc) is 3.41. The Morgan fingerprint density at radius 2 is 1.60 bits per heavy atom. The van der Waals surface area contributed by atoms with Crippen molar-refractivity contribution in [2.24, 2.45) is 0 Å². The minimum absolute atomic E-state index is 0.0848. The van der Waals surface area contributed by atoms with Gasteiger partial charge < -0.3 is 25.2 Å². The summed E-state index contributed by atoms with van der Waals surface area (Å²) in [6, 6.07) is 17.0. The summed E-state index contributed by atoms with van der Waals surface area (Å²) in [6.07, 6.45) is 0.881. The first-order valence-corrected chi connectivity index (χ1v) is 14.2. The molecule has 0 aliphatic carbocycles. The molecule has 4 N–H and O–H groups in total. The number of carbonyl (C=O) groups is 2. The van der Waals surface area contributed by atoms with Crippen molar-refractivity contribution >= 4 is 11.9 Å². The van der Waals surface area contributed by atoms with Crippen molar-refractivity contribution in [2.45, 2.75) is 47.1 Å². The van der Waals surface area contributed by atoms with E-state index in [2.05, 4.69) is 29.2 Å². The van der Waals surface area contributed by atoms with Crippen molar-refractivity contribution in [3.05, 3.63) is 88.9 Å². The molecule has 0 aliphatic rings. The minimum Gasteiger partial charge on any atom is -0.508 e. The van der Waals surface area contributed by atoms with Gasteiger partial charge in [-0.25, -0.2) is 4.39 Å². The standard InChI is InChI=1S/C31H34FN3O4.C2H4O2/c1-4-33-31(38)29-28(22-13-11-21(12-14-22)19-35(5-2)6-3)30(39-34-29)25-17-23(26(36)18-27(25)37)15-10-20-8-7-9-24(32)16-20;1-2(3)4/h7-9,11-14,16-18,36-37H,4-6,10,15,19H2,1-3H3,(H,33,38);1H3,(H,3,4). The first kappa shape index (κ1) is 32.8. The van der Waals surface area contributed by atoms with Gasteiger partial charge in [-0.1, -0.05) is 55.4 Å². The van der Waals surface area contributed by atoms with E-state index in [4.69, 9.17) is 14.4 Å². The van der Waals surface area contributed by atoms with Crippen LogP contribution < -0.4 is 5.32 Å². The SMILES string of the molecule is CC(=O)O.CCNC(=O)c1noc(-c2cc(CCc3cccc(F)c3)c(O)cc2O)c1-c1ccc(CN(CC)CC)cc1. The molecule has 0 saturated heterocycles. The minimum atomic E-state index is -0.833. The lowest BCUT2D eigenvalue weighted by Gasteiger charge is -2.18. The van der Waals surface area contributed by atoms with Crippen LogP contribution in [0.3, 0.4) is 0 Å². The third-order valence-corrected chi connectivity index (χ3v) is 6.80. The van der Waals surface area contributed by atoms with Gasteiger partial charge in [0.2, 0.25) is 0 Å². The third-order valence-electron chi connectivity index (χ3n) is 6.80. The Labute approximate surface area is 250 Å². The Kier molecular flexibility index (Phi) is 11.8. The molecular weight excluding hydrogens is 553 g/mol. The number of nitrogens with zero attached hydrogens (tertiary/aromatic N) is 2. The zero-order valence-corrected chi connectivity index (χ0v) is 24.9. The summed E-state index contributed by atoms with van der Waals surface area (Å²) < 4.78 is 19.3. The fraction of sp³-hybridized carbons (Fsp3) is 0.303. The molecule has 228 valence electrons. The molecule has 0 radical (unpaired) electrons. The highest BCUT2D eigenvalue weighted by atomic mass is 19.1. The number of rotatable bonds is 11. The summed E-state index contributed by atoms with van der Waals surface area (Å²) in [5.74, 6) is -1.62. The molecular formula is C33H38FN3O6. The number of benzene rings is 3. The predicted molar refractivity (Wildman–Crippen MR) is 162 cm³/mol. The van der Waals surface area contributed by atoms with E-state index in [1.807, 2.05) is 37.3 Å². The normalized spacial score (nSPS) is 10.7. The Hall–Kier alpha value is -4.70. The summed E-state index contributed by atoms with van der Waals surface area (Å²) in [6.45, 7) is 10.2. The molecule has 0 unspecified atom stereocenters. The molecule has 0 aliphatic heterocycles. The lowest BCUT2D eigenvalue weighted by Crippen LogP contribution is -2.23. The number of carbonyl (C=O) groups excluding carboxylic acids is 1. The number of aromatic nitrogens is 1. The molecule has 1 amide bonds. The molecule has 9 nitrogen and oxygen atoms in total. The van der Waals surface area contributed by atoms with Crippen molar-refractivity contribution in [3.8, 4) is 33.9 Å². The van der Waals surface area contributed by atoms with Crippen LogP contribution in [0.5, 0.6) is 11.5 Å². The Bertz CT molecular complexity index is 1530. The van der Waals surface area contributed by atoms with Crippen molar-refractivity contribution in [1.29, 1.82) is 0 Å². The number of nitrogens with one attached hydrogen (secondary N) is 1. The first-order chi connectivity index (χ1) is 20.6. The second-order valence-corrected chi connectivity index (χ2v) is 9.90. The molecule has 0 spiro atoms. The Balaban J connectivity index is 0.00000119. The van der Waals surface area contributed by atoms with Crippen LogP contribution in [0.15, 0.2) is 65.2 Å². The first-order valence-electron chi connectivity index (χ1n) is 14.2. The van der Waals surface area contributed by atoms with E-state index < -0.39 is 5.97 Å². The second-order valence-electron chi connectivity index (χ2n) is 9.90. The van der Waals surface area contributed by atoms with Gasteiger partial charge in [-0.2, -0.15) is 0 Å². The van der Waals surface area contributed by atoms with E-state index in [0.29, 0.717) is 41.6 Å². The van der Waals surface area contributed by atoms with Crippen LogP contribution in [0.2, 0.25) is 0 Å².